The lowest BCUT2D eigenvalue weighted by Crippen LogP contribution is -2.30. The van der Waals surface area contributed by atoms with Crippen LogP contribution in [0.1, 0.15) is 40.3 Å². The van der Waals surface area contributed by atoms with Crippen LogP contribution in [0.4, 0.5) is 5.69 Å². The Morgan fingerprint density at radius 3 is 2.77 bits per heavy atom. The molecule has 0 spiro atoms. The highest BCUT2D eigenvalue weighted by Crippen LogP contribution is 2.24. The van der Waals surface area contributed by atoms with Gasteiger partial charge in [0.25, 0.3) is 5.91 Å². The normalized spacial score (nSPS) is 11.8. The molecule has 0 unspecified atom stereocenters. The Morgan fingerprint density at radius 2 is 2.08 bits per heavy atom. The highest BCUT2D eigenvalue weighted by Gasteiger charge is 2.22. The smallest absolute Gasteiger partial charge is 0.254 e. The molecule has 0 aliphatic rings. The van der Waals surface area contributed by atoms with E-state index in [0.717, 1.165) is 22.6 Å². The second-order valence-corrected chi connectivity index (χ2v) is 6.17. The van der Waals surface area contributed by atoms with Gasteiger partial charge in [0.15, 0.2) is 0 Å². The van der Waals surface area contributed by atoms with E-state index in [1.54, 1.807) is 24.2 Å². The van der Waals surface area contributed by atoms with Gasteiger partial charge in [-0.3, -0.25) is 9.78 Å². The molecule has 0 aliphatic carbocycles. The molecule has 3 aromatic rings. The third-order valence-corrected chi connectivity index (χ3v) is 4.54. The number of nitrogens with one attached hydrogen (secondary N) is 1. The molecular weight excluding hydrogens is 328 g/mol. The Hall–Kier alpha value is -3.15. The van der Waals surface area contributed by atoms with Gasteiger partial charge in [0, 0.05) is 30.6 Å². The molecule has 0 aliphatic heterocycles. The van der Waals surface area contributed by atoms with Crippen molar-refractivity contribution >= 4 is 11.6 Å². The summed E-state index contributed by atoms with van der Waals surface area (Å²) in [6.07, 6.45) is 3.28. The topological polar surface area (TPSA) is 71.3 Å². The van der Waals surface area contributed by atoms with Crippen molar-refractivity contribution in [1.29, 1.82) is 0 Å². The second kappa shape index (κ2) is 7.82. The Kier molecular flexibility index (Phi) is 5.31. The van der Waals surface area contributed by atoms with E-state index in [-0.39, 0.29) is 11.9 Å². The van der Waals surface area contributed by atoms with Crippen molar-refractivity contribution in [3.8, 4) is 0 Å². The van der Waals surface area contributed by atoms with E-state index in [9.17, 15) is 4.79 Å². The molecule has 134 valence electrons. The lowest BCUT2D eigenvalue weighted by Gasteiger charge is -2.24. The fourth-order valence-electron chi connectivity index (χ4n) is 2.75. The van der Waals surface area contributed by atoms with Crippen LogP contribution in [0.5, 0.6) is 0 Å². The van der Waals surface area contributed by atoms with Crippen LogP contribution in [0, 0.1) is 6.92 Å². The third kappa shape index (κ3) is 3.74. The summed E-state index contributed by atoms with van der Waals surface area (Å²) in [5.74, 6) is -0.0560. The van der Waals surface area contributed by atoms with Crippen LogP contribution in [-0.4, -0.2) is 28.0 Å². The van der Waals surface area contributed by atoms with Gasteiger partial charge in [0.2, 0.25) is 0 Å². The molecular formula is C20H22N4O2. The van der Waals surface area contributed by atoms with E-state index >= 15 is 0 Å². The molecule has 0 saturated carbocycles. The van der Waals surface area contributed by atoms with Crippen molar-refractivity contribution < 1.29 is 9.32 Å². The van der Waals surface area contributed by atoms with Gasteiger partial charge in [-0.05, 0) is 43.7 Å². The van der Waals surface area contributed by atoms with Crippen LogP contribution in [0.3, 0.4) is 0 Å². The van der Waals surface area contributed by atoms with Crippen molar-refractivity contribution in [2.24, 2.45) is 0 Å². The van der Waals surface area contributed by atoms with Crippen molar-refractivity contribution in [3.63, 3.8) is 0 Å². The van der Waals surface area contributed by atoms with Gasteiger partial charge < -0.3 is 14.7 Å². The maximum Gasteiger partial charge on any atom is 0.254 e. The van der Waals surface area contributed by atoms with E-state index in [1.165, 1.54) is 6.26 Å². The quantitative estimate of drug-likeness (QED) is 0.732. The predicted molar refractivity (Wildman–Crippen MR) is 99.8 cm³/mol. The van der Waals surface area contributed by atoms with Gasteiger partial charge in [-0.25, -0.2) is 0 Å². The second-order valence-electron chi connectivity index (χ2n) is 6.17. The summed E-state index contributed by atoms with van der Waals surface area (Å²) in [5, 5.41) is 7.29. The van der Waals surface area contributed by atoms with Crippen LogP contribution in [0.15, 0.2) is 59.4 Å². The number of aromatic nitrogens is 2. The minimum atomic E-state index is -0.175. The summed E-state index contributed by atoms with van der Waals surface area (Å²) >= 11 is 0. The predicted octanol–water partition coefficient (Wildman–Crippen LogP) is 3.82. The molecule has 2 aromatic heterocycles. The van der Waals surface area contributed by atoms with Crippen molar-refractivity contribution in [1.82, 2.24) is 15.0 Å². The fourth-order valence-corrected chi connectivity index (χ4v) is 2.75. The molecule has 0 bridgehead atoms. The van der Waals surface area contributed by atoms with Gasteiger partial charge >= 0.3 is 0 Å². The Morgan fingerprint density at radius 1 is 1.23 bits per heavy atom. The van der Waals surface area contributed by atoms with E-state index < -0.39 is 0 Å². The average molecular weight is 350 g/mol. The molecule has 26 heavy (non-hydrogen) atoms. The molecule has 3 rings (SSSR count). The monoisotopic (exact) mass is 350 g/mol. The SMILES string of the molecule is Cc1c(NCc2ccccn2)cccc1C(=O)N(C)[C@@H](C)c1ccon1. The standard InChI is InChI=1S/C20H22N4O2/c1-14-17(20(25)24(3)15(2)19-10-12-26-23-19)8-6-9-18(14)22-13-16-7-4-5-11-21-16/h4-12,15,22H,13H2,1-3H3/t15-/m0/s1. The highest BCUT2D eigenvalue weighted by atomic mass is 16.5. The molecule has 1 N–H and O–H groups in total. The summed E-state index contributed by atoms with van der Waals surface area (Å²) in [6, 6.07) is 13.1. The molecule has 1 aromatic carbocycles. The van der Waals surface area contributed by atoms with Gasteiger partial charge in [-0.15, -0.1) is 0 Å². The number of nitrogens with zero attached hydrogens (tertiary/aromatic N) is 3. The summed E-state index contributed by atoms with van der Waals surface area (Å²) in [4.78, 5) is 18.9. The Bertz CT molecular complexity index is 863. The molecule has 6 nitrogen and oxygen atoms in total. The number of carbonyl (C=O) groups is 1. The van der Waals surface area contributed by atoms with Crippen LogP contribution in [0.25, 0.3) is 0 Å². The number of carbonyl (C=O) groups excluding carboxylic acids is 1. The zero-order chi connectivity index (χ0) is 18.5. The molecule has 1 amide bonds. The molecule has 6 heteroatoms. The summed E-state index contributed by atoms with van der Waals surface area (Å²) in [6.45, 7) is 4.47. The molecule has 0 fully saturated rings. The molecule has 2 heterocycles. The largest absolute Gasteiger partial charge is 0.379 e. The van der Waals surface area contributed by atoms with E-state index in [4.69, 9.17) is 4.52 Å². The summed E-state index contributed by atoms with van der Waals surface area (Å²) in [5.41, 5.74) is 4.16. The Labute approximate surface area is 152 Å². The number of hydrogen-bond acceptors (Lipinski definition) is 5. The first-order chi connectivity index (χ1) is 12.6. The fraction of sp³-hybridized carbons (Fsp3) is 0.250. The van der Waals surface area contributed by atoms with Crippen molar-refractivity contribution in [2.75, 3.05) is 12.4 Å². The molecule has 1 atom stereocenters. The van der Waals surface area contributed by atoms with E-state index in [0.29, 0.717) is 12.1 Å². The molecule has 0 radical (unpaired) electrons. The number of rotatable bonds is 6. The van der Waals surface area contributed by atoms with Crippen molar-refractivity contribution in [2.45, 2.75) is 26.4 Å². The first-order valence-corrected chi connectivity index (χ1v) is 8.48. The van der Waals surface area contributed by atoms with Gasteiger partial charge in [-0.2, -0.15) is 0 Å². The maximum atomic E-state index is 13.0. The highest BCUT2D eigenvalue weighted by molar-refractivity contribution is 5.97. The lowest BCUT2D eigenvalue weighted by molar-refractivity contribution is 0.0737. The van der Waals surface area contributed by atoms with Crippen LogP contribution in [0.2, 0.25) is 0 Å². The van der Waals surface area contributed by atoms with Gasteiger partial charge in [0.05, 0.1) is 18.3 Å². The first kappa shape index (κ1) is 17.7. The average Bonchev–Trinajstić information content (AvgIpc) is 3.21. The maximum absolute atomic E-state index is 13.0. The van der Waals surface area contributed by atoms with Gasteiger partial charge in [0.1, 0.15) is 12.0 Å². The summed E-state index contributed by atoms with van der Waals surface area (Å²) in [7, 11) is 1.77. The Balaban J connectivity index is 1.76. The minimum Gasteiger partial charge on any atom is -0.379 e. The van der Waals surface area contributed by atoms with E-state index in [2.05, 4.69) is 15.5 Å². The number of pyridine rings is 1. The number of amides is 1. The zero-order valence-electron chi connectivity index (χ0n) is 15.1. The van der Waals surface area contributed by atoms with Gasteiger partial charge in [-0.1, -0.05) is 17.3 Å². The zero-order valence-corrected chi connectivity index (χ0v) is 15.1. The van der Waals surface area contributed by atoms with Crippen LogP contribution < -0.4 is 5.32 Å². The van der Waals surface area contributed by atoms with Crippen LogP contribution >= 0.6 is 0 Å². The van der Waals surface area contributed by atoms with Crippen molar-refractivity contribution in [3.05, 3.63) is 77.4 Å². The van der Waals surface area contributed by atoms with E-state index in [1.807, 2.05) is 50.2 Å². The number of anilines is 1. The first-order valence-electron chi connectivity index (χ1n) is 8.48. The molecule has 0 saturated heterocycles. The number of hydrogen-bond donors (Lipinski definition) is 1. The summed E-state index contributed by atoms with van der Waals surface area (Å²) < 4.78 is 4.88. The van der Waals surface area contributed by atoms with Crippen LogP contribution in [-0.2, 0) is 6.54 Å². The lowest BCUT2D eigenvalue weighted by atomic mass is 10.0. The number of benzene rings is 1. The third-order valence-electron chi connectivity index (χ3n) is 4.54. The minimum absolute atomic E-state index is 0.0560.